The van der Waals surface area contributed by atoms with Crippen molar-refractivity contribution >= 4 is 17.8 Å². The Kier molecular flexibility index (Phi) is 3.22. The third kappa shape index (κ3) is 2.94. The topological polar surface area (TPSA) is 82.5 Å². The van der Waals surface area contributed by atoms with E-state index in [0.717, 1.165) is 0 Å². The lowest BCUT2D eigenvalue weighted by Gasteiger charge is -2.11. The molecule has 2 amide bonds. The normalized spacial score (nSPS) is 9.47. The number of nitrogens with zero attached hydrogens (tertiary/aromatic N) is 2. The van der Waals surface area contributed by atoms with E-state index >= 15 is 0 Å². The summed E-state index contributed by atoms with van der Waals surface area (Å²) >= 11 is 0. The molecule has 0 aliphatic carbocycles. The molecule has 0 atom stereocenters. The van der Waals surface area contributed by atoms with Gasteiger partial charge in [-0.15, -0.1) is 0 Å². The summed E-state index contributed by atoms with van der Waals surface area (Å²) in [6.45, 7) is 0. The molecule has 0 saturated heterocycles. The van der Waals surface area contributed by atoms with Gasteiger partial charge in [0.15, 0.2) is 5.69 Å². The molecular formula is C9H11N3O3. The summed E-state index contributed by atoms with van der Waals surface area (Å²) in [5, 5.41) is 11.1. The van der Waals surface area contributed by atoms with E-state index < -0.39 is 5.97 Å². The van der Waals surface area contributed by atoms with Crippen molar-refractivity contribution in [2.75, 3.05) is 19.4 Å². The van der Waals surface area contributed by atoms with Gasteiger partial charge < -0.3 is 10.0 Å². The van der Waals surface area contributed by atoms with Crippen LogP contribution in [0.2, 0.25) is 0 Å². The first kappa shape index (κ1) is 11.0. The molecule has 0 aliphatic rings. The van der Waals surface area contributed by atoms with Crippen LogP contribution < -0.4 is 5.32 Å². The number of urea groups is 1. The lowest BCUT2D eigenvalue weighted by atomic mass is 10.3. The summed E-state index contributed by atoms with van der Waals surface area (Å²) in [6, 6.07) is 4.04. The number of aromatic carboxylic acids is 1. The maximum Gasteiger partial charge on any atom is 0.354 e. The fourth-order valence-electron chi connectivity index (χ4n) is 0.845. The number of carboxylic acid groups (broad SMARTS) is 1. The zero-order chi connectivity index (χ0) is 11.4. The van der Waals surface area contributed by atoms with E-state index in [1.54, 1.807) is 14.1 Å². The van der Waals surface area contributed by atoms with Crippen molar-refractivity contribution in [1.82, 2.24) is 9.88 Å². The van der Waals surface area contributed by atoms with Gasteiger partial charge in [0.1, 0.15) is 5.82 Å². The summed E-state index contributed by atoms with van der Waals surface area (Å²) < 4.78 is 0. The van der Waals surface area contributed by atoms with E-state index in [0.29, 0.717) is 0 Å². The monoisotopic (exact) mass is 209 g/mol. The minimum absolute atomic E-state index is 0.105. The Labute approximate surface area is 86.5 Å². The second kappa shape index (κ2) is 4.41. The van der Waals surface area contributed by atoms with Crippen LogP contribution in [0.3, 0.4) is 0 Å². The number of carboxylic acids is 1. The predicted octanol–water partition coefficient (Wildman–Crippen LogP) is 0.873. The van der Waals surface area contributed by atoms with Gasteiger partial charge in [0.25, 0.3) is 0 Å². The first-order chi connectivity index (χ1) is 7.00. The molecule has 0 radical (unpaired) electrons. The van der Waals surface area contributed by atoms with Crippen molar-refractivity contribution in [1.29, 1.82) is 0 Å². The van der Waals surface area contributed by atoms with Gasteiger partial charge in [-0.2, -0.15) is 0 Å². The fraction of sp³-hybridized carbons (Fsp3) is 0.222. The largest absolute Gasteiger partial charge is 0.477 e. The second-order valence-electron chi connectivity index (χ2n) is 3.04. The molecule has 0 unspecified atom stereocenters. The van der Waals surface area contributed by atoms with Gasteiger partial charge in [-0.05, 0) is 12.1 Å². The van der Waals surface area contributed by atoms with E-state index in [1.807, 2.05) is 0 Å². The summed E-state index contributed by atoms with van der Waals surface area (Å²) in [5.74, 6) is -0.912. The molecule has 0 saturated carbocycles. The average molecular weight is 209 g/mol. The lowest BCUT2D eigenvalue weighted by Crippen LogP contribution is -2.27. The summed E-state index contributed by atoms with van der Waals surface area (Å²) in [6.07, 6.45) is 0. The molecule has 0 fully saturated rings. The number of nitrogens with one attached hydrogen (secondary N) is 1. The molecule has 6 nitrogen and oxygen atoms in total. The van der Waals surface area contributed by atoms with Crippen molar-refractivity contribution in [3.63, 3.8) is 0 Å². The van der Waals surface area contributed by atoms with E-state index in [9.17, 15) is 9.59 Å². The standard InChI is InChI=1S/C9H11N3O3/c1-12(2)9(15)11-7-5-3-4-6(10-7)8(13)14/h3-5H,1-2H3,(H,13,14)(H,10,11,15). The Hall–Kier alpha value is -2.11. The molecule has 1 heterocycles. The maximum atomic E-state index is 11.2. The maximum absolute atomic E-state index is 11.2. The van der Waals surface area contributed by atoms with Crippen LogP contribution >= 0.6 is 0 Å². The fourth-order valence-corrected chi connectivity index (χ4v) is 0.845. The van der Waals surface area contributed by atoms with Crippen LogP contribution in [0.1, 0.15) is 10.5 Å². The number of aromatic nitrogens is 1. The van der Waals surface area contributed by atoms with Gasteiger partial charge in [-0.3, -0.25) is 5.32 Å². The number of carbonyl (C=O) groups excluding carboxylic acids is 1. The van der Waals surface area contributed by atoms with Crippen molar-refractivity contribution < 1.29 is 14.7 Å². The second-order valence-corrected chi connectivity index (χ2v) is 3.04. The highest BCUT2D eigenvalue weighted by Gasteiger charge is 2.08. The molecule has 6 heteroatoms. The number of rotatable bonds is 2. The highest BCUT2D eigenvalue weighted by molar-refractivity contribution is 5.89. The third-order valence-electron chi connectivity index (χ3n) is 1.61. The van der Waals surface area contributed by atoms with E-state index in [4.69, 9.17) is 5.11 Å². The molecule has 15 heavy (non-hydrogen) atoms. The summed E-state index contributed by atoms with van der Waals surface area (Å²) in [5.41, 5.74) is -0.105. The van der Waals surface area contributed by atoms with Crippen molar-refractivity contribution in [3.8, 4) is 0 Å². The zero-order valence-electron chi connectivity index (χ0n) is 8.39. The highest BCUT2D eigenvalue weighted by atomic mass is 16.4. The van der Waals surface area contributed by atoms with Gasteiger partial charge in [0, 0.05) is 14.1 Å². The Morgan fingerprint density at radius 3 is 2.60 bits per heavy atom. The van der Waals surface area contributed by atoms with Crippen LogP contribution in [0.4, 0.5) is 10.6 Å². The minimum atomic E-state index is -1.13. The summed E-state index contributed by atoms with van der Waals surface area (Å²) in [7, 11) is 3.16. The number of hydrogen-bond donors (Lipinski definition) is 2. The molecule has 2 N–H and O–H groups in total. The molecule has 0 aromatic carbocycles. The number of carbonyl (C=O) groups is 2. The minimum Gasteiger partial charge on any atom is -0.477 e. The van der Waals surface area contributed by atoms with Gasteiger partial charge in [-0.1, -0.05) is 6.07 Å². The molecule has 0 bridgehead atoms. The Balaban J connectivity index is 2.83. The first-order valence-electron chi connectivity index (χ1n) is 4.19. The van der Waals surface area contributed by atoms with Crippen LogP contribution in [0.15, 0.2) is 18.2 Å². The van der Waals surface area contributed by atoms with Crippen molar-refractivity contribution in [3.05, 3.63) is 23.9 Å². The van der Waals surface area contributed by atoms with Gasteiger partial charge in [-0.25, -0.2) is 14.6 Å². The molecular weight excluding hydrogens is 198 g/mol. The van der Waals surface area contributed by atoms with Gasteiger partial charge in [0.05, 0.1) is 0 Å². The number of amides is 2. The van der Waals surface area contributed by atoms with Crippen LogP contribution in [0.25, 0.3) is 0 Å². The number of anilines is 1. The van der Waals surface area contributed by atoms with Crippen LogP contribution in [-0.4, -0.2) is 41.1 Å². The smallest absolute Gasteiger partial charge is 0.354 e. The molecule has 1 rings (SSSR count). The molecule has 0 spiro atoms. The quantitative estimate of drug-likeness (QED) is 0.757. The Morgan fingerprint density at radius 1 is 1.40 bits per heavy atom. The van der Waals surface area contributed by atoms with E-state index in [1.165, 1.54) is 23.1 Å². The first-order valence-corrected chi connectivity index (χ1v) is 4.19. The molecule has 1 aromatic rings. The van der Waals surface area contributed by atoms with Crippen LogP contribution in [0, 0.1) is 0 Å². The molecule has 1 aromatic heterocycles. The lowest BCUT2D eigenvalue weighted by molar-refractivity contribution is 0.0690. The van der Waals surface area contributed by atoms with Crippen molar-refractivity contribution in [2.45, 2.75) is 0 Å². The van der Waals surface area contributed by atoms with E-state index in [-0.39, 0.29) is 17.5 Å². The summed E-state index contributed by atoms with van der Waals surface area (Å²) in [4.78, 5) is 26.9. The highest BCUT2D eigenvalue weighted by Crippen LogP contribution is 2.05. The third-order valence-corrected chi connectivity index (χ3v) is 1.61. The number of hydrogen-bond acceptors (Lipinski definition) is 3. The molecule has 80 valence electrons. The van der Waals surface area contributed by atoms with Crippen molar-refractivity contribution in [2.24, 2.45) is 0 Å². The van der Waals surface area contributed by atoms with Crippen LogP contribution in [-0.2, 0) is 0 Å². The zero-order valence-corrected chi connectivity index (χ0v) is 8.39. The average Bonchev–Trinajstić information content (AvgIpc) is 2.18. The van der Waals surface area contributed by atoms with Crippen LogP contribution in [0.5, 0.6) is 0 Å². The molecule has 0 aliphatic heterocycles. The predicted molar refractivity (Wildman–Crippen MR) is 53.9 cm³/mol. The number of pyridine rings is 1. The SMILES string of the molecule is CN(C)C(=O)Nc1cccc(C(=O)O)n1. The van der Waals surface area contributed by atoms with Gasteiger partial charge in [0.2, 0.25) is 0 Å². The Bertz CT molecular complexity index is 390. The van der Waals surface area contributed by atoms with Gasteiger partial charge >= 0.3 is 12.0 Å². The van der Waals surface area contributed by atoms with E-state index in [2.05, 4.69) is 10.3 Å². The Morgan fingerprint density at radius 2 is 2.07 bits per heavy atom.